The van der Waals surface area contributed by atoms with E-state index in [4.69, 9.17) is 13.3 Å². The lowest BCUT2D eigenvalue weighted by Gasteiger charge is -1.92. The number of pyridine rings is 6. The molecule has 0 fully saturated rings. The number of nitrogens with zero attached hydrogens (tertiary/aromatic N) is 10. The summed E-state index contributed by atoms with van der Waals surface area (Å²) in [5, 5.41) is 16.0. The molecule has 0 aliphatic heterocycles. The van der Waals surface area contributed by atoms with Gasteiger partial charge in [0.1, 0.15) is 49.4 Å². The molecule has 0 saturated carbocycles. The van der Waals surface area contributed by atoms with Crippen molar-refractivity contribution in [1.29, 1.82) is 0 Å². The summed E-state index contributed by atoms with van der Waals surface area (Å²) in [7, 11) is 0. The van der Waals surface area contributed by atoms with Gasteiger partial charge in [-0.15, -0.1) is 68.0 Å². The number of benzene rings is 10. The van der Waals surface area contributed by atoms with E-state index in [0.29, 0.717) is 5.71 Å². The zero-order chi connectivity index (χ0) is 85.9. The fourth-order valence-electron chi connectivity index (χ4n) is 15.4. The van der Waals surface area contributed by atoms with E-state index in [0.717, 1.165) is 98.4 Å². The molecule has 612 valence electrons. The summed E-state index contributed by atoms with van der Waals surface area (Å²) >= 11 is 10.7. The Kier molecular flexibility index (Phi) is 23.4. The number of rotatable bonds is 0. The summed E-state index contributed by atoms with van der Waals surface area (Å²) in [6.07, 6.45) is 14.3. The highest BCUT2D eigenvalue weighted by Crippen LogP contribution is 2.40. The molecule has 10 aromatic carbocycles. The highest BCUT2D eigenvalue weighted by molar-refractivity contribution is 7.27. The number of thiophene rings is 6. The molecule has 17 heterocycles. The van der Waals surface area contributed by atoms with Crippen LogP contribution in [0.4, 0.5) is 0 Å². The van der Waals surface area contributed by atoms with Crippen LogP contribution in [0.25, 0.3) is 188 Å². The molecule has 0 atom stereocenters. The first kappa shape index (κ1) is 81.6. The van der Waals surface area contributed by atoms with E-state index in [2.05, 4.69) is 280 Å². The van der Waals surface area contributed by atoms with Gasteiger partial charge in [0, 0.05) is 147 Å². The molecule has 0 unspecified atom stereocenters. The average Bonchev–Trinajstić information content (AvgIpc) is 1.63. The third kappa shape index (κ3) is 17.1. The van der Waals surface area contributed by atoms with Crippen molar-refractivity contribution < 1.29 is 13.3 Å². The topological polar surface area (TPSA) is 168 Å². The van der Waals surface area contributed by atoms with Crippen LogP contribution in [0, 0.1) is 62.3 Å². The van der Waals surface area contributed by atoms with Gasteiger partial charge in [0.15, 0.2) is 5.58 Å². The van der Waals surface area contributed by atoms with Gasteiger partial charge in [-0.05, 0) is 226 Å². The van der Waals surface area contributed by atoms with Crippen molar-refractivity contribution >= 4 is 256 Å². The maximum absolute atomic E-state index is 5.71. The second-order valence-corrected chi connectivity index (χ2v) is 37.1. The lowest BCUT2D eigenvalue weighted by molar-refractivity contribution is 0.654. The van der Waals surface area contributed by atoms with Crippen molar-refractivity contribution in [2.75, 3.05) is 0 Å². The Balaban J connectivity index is 0.0000000926. The summed E-state index contributed by atoms with van der Waals surface area (Å²) in [6, 6.07) is 93.9. The monoisotopic (exact) mass is 1740 g/mol. The van der Waals surface area contributed by atoms with Crippen LogP contribution in [0.3, 0.4) is 0 Å². The van der Waals surface area contributed by atoms with Crippen molar-refractivity contribution in [3.05, 3.63) is 373 Å². The Morgan fingerprint density at radius 3 is 1.36 bits per heavy atom. The minimum Gasteiger partial charge on any atom is -0.456 e. The number of para-hydroxylation sites is 1. The van der Waals surface area contributed by atoms with Crippen LogP contribution < -0.4 is 0 Å². The van der Waals surface area contributed by atoms with E-state index < -0.39 is 0 Å². The fraction of sp³-hybridized carbons (Fsp3) is 0.0841. The fourth-order valence-corrected chi connectivity index (χ4v) is 21.8. The van der Waals surface area contributed by atoms with Gasteiger partial charge in [-0.3, -0.25) is 24.9 Å². The highest BCUT2D eigenvalue weighted by Gasteiger charge is 2.15. The summed E-state index contributed by atoms with van der Waals surface area (Å²) < 4.78 is 29.9. The van der Waals surface area contributed by atoms with Crippen molar-refractivity contribution in [2.24, 2.45) is 0 Å². The zero-order valence-corrected chi connectivity index (χ0v) is 75.1. The lowest BCUT2D eigenvalue weighted by Crippen LogP contribution is -1.81. The Bertz CT molecular complexity index is 7440. The summed E-state index contributed by atoms with van der Waals surface area (Å²) in [4.78, 5) is 45.5. The van der Waals surface area contributed by atoms with E-state index in [1.807, 2.05) is 157 Å². The van der Waals surface area contributed by atoms with Crippen LogP contribution in [-0.4, -0.2) is 49.8 Å². The van der Waals surface area contributed by atoms with Gasteiger partial charge in [-0.2, -0.15) is 0 Å². The molecule has 27 aromatic rings. The van der Waals surface area contributed by atoms with Gasteiger partial charge >= 0.3 is 0 Å². The Morgan fingerprint density at radius 1 is 0.206 bits per heavy atom. The molecule has 19 heteroatoms. The molecule has 0 amide bonds. The van der Waals surface area contributed by atoms with Crippen LogP contribution >= 0.6 is 68.0 Å². The number of hydrogen-bond donors (Lipinski definition) is 0. The summed E-state index contributed by atoms with van der Waals surface area (Å²) in [5.74, 6) is 0. The Labute approximate surface area is 748 Å². The maximum atomic E-state index is 5.71. The van der Waals surface area contributed by atoms with Crippen molar-refractivity contribution in [3.8, 4) is 0 Å². The molecule has 0 aliphatic carbocycles. The number of aryl methyl sites for hydroxylation is 9. The van der Waals surface area contributed by atoms with Crippen molar-refractivity contribution in [2.45, 2.75) is 62.3 Å². The lowest BCUT2D eigenvalue weighted by atomic mass is 10.1. The average molecular weight is 1750 g/mol. The second-order valence-electron chi connectivity index (χ2n) is 30.7. The predicted octanol–water partition coefficient (Wildman–Crippen LogP) is 31.8. The summed E-state index contributed by atoms with van der Waals surface area (Å²) in [5.41, 5.74) is 21.5. The van der Waals surface area contributed by atoms with Gasteiger partial charge < -0.3 is 13.3 Å². The molecule has 0 saturated heterocycles. The second kappa shape index (κ2) is 36.0. The van der Waals surface area contributed by atoms with Gasteiger partial charge in [0.05, 0.1) is 46.7 Å². The molecular formula is C107H80N10O3S6. The van der Waals surface area contributed by atoms with Gasteiger partial charge in [0.25, 0.3) is 0 Å². The van der Waals surface area contributed by atoms with Crippen LogP contribution in [0.15, 0.2) is 336 Å². The number of hydrogen-bond acceptors (Lipinski definition) is 19. The van der Waals surface area contributed by atoms with Gasteiger partial charge in [-0.25, -0.2) is 24.9 Å². The molecule has 0 radical (unpaired) electrons. The third-order valence-corrected chi connectivity index (χ3v) is 28.5. The number of fused-ring (bicyclic) bond motifs is 27. The molecule has 13 nitrogen and oxygen atoms in total. The first-order chi connectivity index (χ1) is 61.6. The van der Waals surface area contributed by atoms with E-state index in [-0.39, 0.29) is 0 Å². The number of aromatic nitrogens is 10. The highest BCUT2D eigenvalue weighted by atomic mass is 32.1. The van der Waals surface area contributed by atoms with Gasteiger partial charge in [0.2, 0.25) is 5.71 Å². The van der Waals surface area contributed by atoms with E-state index in [1.165, 1.54) is 134 Å². The standard InChI is InChI=1S/C13H10O.2C12H9NO.4C12H9NS.2C11H8N2S/c1-9-6-7-13-11(8-9)10-4-2-3-5-12(10)14-13;1-8-4-5-10-9(7-8)12-11(14-10)3-2-6-13-12;1-8-4-5-11-10(7-8)9-3-2-6-13-12(9)14-11;1-8-4-5-10-9(7-8)12-11(14-10)3-2-6-13-12;1-8-4-5-11-10(7-8)9-3-2-6-13-12(9)14-11;1-8-12-10(6-7-13-8)9-4-2-3-5-11(9)14-12;1-8-6-7-11-12(13-8)9-4-2-3-5-10(9)14-11;1-7-2-3-9-8(6-7)10-11(14-9)13-5-4-12-10;1-7-11-10(13-6-12-7)8-4-2-3-5-9(8)14-11/h2-8H,1H3;6*2-7H,1H3;2*2-6H,1H3. The Morgan fingerprint density at radius 2 is 0.635 bits per heavy atom. The molecule has 27 rings (SSSR count). The molecule has 0 bridgehead atoms. The zero-order valence-electron chi connectivity index (χ0n) is 70.2. The normalized spacial score (nSPS) is 11.2. The molecule has 0 aliphatic rings. The molecular weight excluding hydrogens is 1670 g/mol. The first-order valence-corrected chi connectivity index (χ1v) is 46.0. The van der Waals surface area contributed by atoms with Crippen molar-refractivity contribution in [1.82, 2.24) is 49.8 Å². The largest absolute Gasteiger partial charge is 0.456 e. The van der Waals surface area contributed by atoms with E-state index in [1.54, 1.807) is 65.1 Å². The Hall–Kier alpha value is -14.0. The van der Waals surface area contributed by atoms with Crippen LogP contribution in [0.5, 0.6) is 0 Å². The molecule has 0 N–H and O–H groups in total. The minimum atomic E-state index is 0.716. The predicted molar refractivity (Wildman–Crippen MR) is 538 cm³/mol. The smallest absolute Gasteiger partial charge is 0.227 e. The summed E-state index contributed by atoms with van der Waals surface area (Å²) in [6.45, 7) is 18.7. The molecule has 126 heavy (non-hydrogen) atoms. The molecule has 17 aromatic heterocycles. The van der Waals surface area contributed by atoms with Crippen LogP contribution in [0.2, 0.25) is 0 Å². The number of furan rings is 3. The maximum Gasteiger partial charge on any atom is 0.227 e. The van der Waals surface area contributed by atoms with E-state index in [9.17, 15) is 0 Å². The third-order valence-electron chi connectivity index (χ3n) is 21.5. The SMILES string of the molecule is Cc1ccc2oc3ccccc3c2c1.Cc1ccc2oc3cccnc3c2c1.Cc1ccc2oc3ncccc3c2c1.Cc1ccc2sc3ccccc3c2n1.Cc1ccc2sc3cccnc3c2c1.Cc1ccc2sc3ncccc3c2c1.Cc1ccc2sc3nccnc3c2c1.Cc1nccc2c1sc1ccccc12.Cc1ncnc2c1sc1ccccc12. The minimum absolute atomic E-state index is 0.716. The quantitative estimate of drug-likeness (QED) is 0.141. The van der Waals surface area contributed by atoms with Gasteiger partial charge in [-0.1, -0.05) is 143 Å². The van der Waals surface area contributed by atoms with E-state index >= 15 is 0 Å². The first-order valence-electron chi connectivity index (χ1n) is 41.1. The van der Waals surface area contributed by atoms with Crippen LogP contribution in [0.1, 0.15) is 50.5 Å². The van der Waals surface area contributed by atoms with Crippen molar-refractivity contribution in [3.63, 3.8) is 0 Å². The van der Waals surface area contributed by atoms with Crippen LogP contribution in [-0.2, 0) is 0 Å². The molecule has 0 spiro atoms.